The molecule has 3 amide bonds. The number of amides is 3. The summed E-state index contributed by atoms with van der Waals surface area (Å²) in [5.41, 5.74) is 0.789. The van der Waals surface area contributed by atoms with Crippen molar-refractivity contribution >= 4 is 51.5 Å². The van der Waals surface area contributed by atoms with Gasteiger partial charge in [-0.3, -0.25) is 14.4 Å². The van der Waals surface area contributed by atoms with E-state index in [4.69, 9.17) is 11.6 Å². The number of anilines is 2. The van der Waals surface area contributed by atoms with Gasteiger partial charge in [0, 0.05) is 23.8 Å². The lowest BCUT2D eigenvalue weighted by molar-refractivity contribution is -0.948. The fourth-order valence-corrected chi connectivity index (χ4v) is 7.31. The highest BCUT2D eigenvalue weighted by molar-refractivity contribution is 6.35. The molecule has 5 atom stereocenters. The van der Waals surface area contributed by atoms with E-state index >= 15 is 0 Å². The lowest BCUT2D eigenvalue weighted by Crippen LogP contribution is -3.19. The zero-order valence-electron chi connectivity index (χ0n) is 17.7. The van der Waals surface area contributed by atoms with Gasteiger partial charge in [0.15, 0.2) is 0 Å². The summed E-state index contributed by atoms with van der Waals surface area (Å²) in [4.78, 5) is 44.2. The zero-order chi connectivity index (χ0) is 22.5. The average molecular weight is 459 g/mol. The molecule has 0 saturated carbocycles. The molecule has 0 bridgehead atoms. The molecule has 7 heteroatoms. The van der Waals surface area contributed by atoms with E-state index in [0.717, 1.165) is 40.6 Å². The molecule has 7 rings (SSSR count). The highest BCUT2D eigenvalue weighted by Gasteiger charge is 2.78. The second kappa shape index (κ2) is 6.43. The van der Waals surface area contributed by atoms with Crippen LogP contribution in [0.5, 0.6) is 0 Å². The third-order valence-corrected chi connectivity index (χ3v) is 8.52. The summed E-state index contributed by atoms with van der Waals surface area (Å²) in [5, 5.41) is 5.24. The van der Waals surface area contributed by atoms with Crippen molar-refractivity contribution < 1.29 is 19.3 Å². The Bertz CT molecular complexity index is 1400. The lowest BCUT2D eigenvalue weighted by atomic mass is 9.75. The van der Waals surface area contributed by atoms with Crippen LogP contribution >= 0.6 is 11.6 Å². The number of para-hydroxylation sites is 1. The smallest absolute Gasteiger partial charge is 0.291 e. The van der Waals surface area contributed by atoms with Crippen LogP contribution in [-0.4, -0.2) is 30.3 Å². The van der Waals surface area contributed by atoms with Crippen molar-refractivity contribution in [3.8, 4) is 0 Å². The van der Waals surface area contributed by atoms with Crippen LogP contribution in [0, 0.1) is 11.8 Å². The molecular formula is C26H21ClN3O3+. The average Bonchev–Trinajstić information content (AvgIpc) is 3.53. The summed E-state index contributed by atoms with van der Waals surface area (Å²) in [6.07, 6.45) is 1.74. The number of rotatable bonds is 1. The lowest BCUT2D eigenvalue weighted by Gasteiger charge is -2.33. The molecule has 3 fully saturated rings. The number of quaternary nitrogens is 1. The third kappa shape index (κ3) is 2.16. The van der Waals surface area contributed by atoms with Crippen LogP contribution in [0.3, 0.4) is 0 Å². The maximum atomic E-state index is 14.2. The quantitative estimate of drug-likeness (QED) is 0.550. The summed E-state index contributed by atoms with van der Waals surface area (Å²) in [5.74, 6) is -1.97. The summed E-state index contributed by atoms with van der Waals surface area (Å²) in [6.45, 7) is 0.756. The zero-order valence-corrected chi connectivity index (χ0v) is 18.4. The number of hydrogen-bond donors (Lipinski definition) is 2. The van der Waals surface area contributed by atoms with Crippen molar-refractivity contribution in [3.05, 3.63) is 71.2 Å². The van der Waals surface area contributed by atoms with Crippen LogP contribution in [0.4, 0.5) is 11.4 Å². The minimum Gasteiger partial charge on any atom is -0.318 e. The number of hydrogen-bond acceptors (Lipinski definition) is 3. The Labute approximate surface area is 195 Å². The minimum atomic E-state index is -1.13. The number of nitrogens with one attached hydrogen (secondary N) is 2. The molecule has 3 saturated heterocycles. The molecule has 4 aliphatic heterocycles. The maximum absolute atomic E-state index is 14.2. The molecule has 6 nitrogen and oxygen atoms in total. The van der Waals surface area contributed by atoms with Gasteiger partial charge in [-0.05, 0) is 23.6 Å². The van der Waals surface area contributed by atoms with Crippen LogP contribution in [0.15, 0.2) is 60.7 Å². The van der Waals surface area contributed by atoms with Gasteiger partial charge in [-0.15, -0.1) is 0 Å². The van der Waals surface area contributed by atoms with E-state index in [9.17, 15) is 14.4 Å². The first-order chi connectivity index (χ1) is 16.0. The van der Waals surface area contributed by atoms with E-state index in [-0.39, 0.29) is 23.8 Å². The van der Waals surface area contributed by atoms with Gasteiger partial charge in [-0.2, -0.15) is 0 Å². The van der Waals surface area contributed by atoms with Crippen molar-refractivity contribution in [3.63, 3.8) is 0 Å². The van der Waals surface area contributed by atoms with Crippen molar-refractivity contribution in [2.24, 2.45) is 11.8 Å². The largest absolute Gasteiger partial charge is 0.318 e. The molecule has 33 heavy (non-hydrogen) atoms. The van der Waals surface area contributed by atoms with Gasteiger partial charge in [-0.25, -0.2) is 4.90 Å². The summed E-state index contributed by atoms with van der Waals surface area (Å²) >= 11 is 6.45. The van der Waals surface area contributed by atoms with Crippen LogP contribution in [0.1, 0.15) is 18.4 Å². The van der Waals surface area contributed by atoms with E-state index < -0.39 is 17.4 Å². The Balaban J connectivity index is 1.46. The normalized spacial score (nSPS) is 31.9. The number of halogens is 1. The first-order valence-corrected chi connectivity index (χ1v) is 11.7. The number of imide groups is 1. The first-order valence-electron chi connectivity index (χ1n) is 11.4. The highest BCUT2D eigenvalue weighted by atomic mass is 35.5. The first kappa shape index (κ1) is 19.3. The molecule has 1 unspecified atom stereocenters. The molecule has 3 aromatic carbocycles. The van der Waals surface area contributed by atoms with Crippen LogP contribution < -0.4 is 15.1 Å². The molecule has 4 heterocycles. The van der Waals surface area contributed by atoms with Gasteiger partial charge >= 0.3 is 0 Å². The van der Waals surface area contributed by atoms with Crippen molar-refractivity contribution in [1.82, 2.24) is 0 Å². The molecule has 3 aromatic rings. The van der Waals surface area contributed by atoms with Crippen LogP contribution in [0.25, 0.3) is 10.8 Å². The van der Waals surface area contributed by atoms with E-state index in [1.165, 1.54) is 4.90 Å². The highest BCUT2D eigenvalue weighted by Crippen LogP contribution is 2.53. The number of carbonyl (C=O) groups excluding carboxylic acids is 3. The van der Waals surface area contributed by atoms with Gasteiger partial charge in [0.25, 0.3) is 5.91 Å². The predicted octanol–water partition coefficient (Wildman–Crippen LogP) is 2.51. The SMILES string of the molecule is O=C1[C@H]2[C@H]3CCC[NH+]3[C@@]3(C(=O)Nc4c(Cl)cccc43)[C@@H]2C(=O)N1c1cccc2ccccc12. The van der Waals surface area contributed by atoms with Gasteiger partial charge < -0.3 is 10.2 Å². The summed E-state index contributed by atoms with van der Waals surface area (Å²) in [7, 11) is 0. The monoisotopic (exact) mass is 458 g/mol. The van der Waals surface area contributed by atoms with Gasteiger partial charge in [0.05, 0.1) is 22.9 Å². The van der Waals surface area contributed by atoms with Crippen molar-refractivity contribution in [2.45, 2.75) is 24.4 Å². The fourth-order valence-electron chi connectivity index (χ4n) is 7.09. The third-order valence-electron chi connectivity index (χ3n) is 8.21. The second-order valence-corrected chi connectivity index (χ2v) is 9.87. The molecule has 0 radical (unpaired) electrons. The number of fused-ring (bicyclic) bond motifs is 8. The van der Waals surface area contributed by atoms with Crippen LogP contribution in [0.2, 0.25) is 5.02 Å². The molecular weight excluding hydrogens is 438 g/mol. The molecule has 2 N–H and O–H groups in total. The summed E-state index contributed by atoms with van der Waals surface area (Å²) in [6, 6.07) is 18.8. The Morgan fingerprint density at radius 2 is 1.76 bits per heavy atom. The molecule has 0 aliphatic carbocycles. The van der Waals surface area contributed by atoms with E-state index in [2.05, 4.69) is 5.32 Å². The van der Waals surface area contributed by atoms with E-state index in [1.54, 1.807) is 6.07 Å². The fraction of sp³-hybridized carbons (Fsp3) is 0.269. The van der Waals surface area contributed by atoms with Crippen molar-refractivity contribution in [2.75, 3.05) is 16.8 Å². The molecule has 0 aromatic heterocycles. The number of nitrogens with zero attached hydrogens (tertiary/aromatic N) is 1. The van der Waals surface area contributed by atoms with Gasteiger partial charge in [-0.1, -0.05) is 54.1 Å². The van der Waals surface area contributed by atoms with Gasteiger partial charge in [0.2, 0.25) is 17.4 Å². The van der Waals surface area contributed by atoms with E-state index in [1.807, 2.05) is 54.6 Å². The van der Waals surface area contributed by atoms with Gasteiger partial charge in [0.1, 0.15) is 17.9 Å². The standard InChI is InChI=1S/C26H20ClN3O3/c27-17-10-4-9-16-22(17)28-25(33)26(16)21-20(19-12-5-13-29(19)26)23(31)30(24(21)32)18-11-3-7-14-6-1-2-8-15(14)18/h1-4,6-11,19-21H,5,12-13H2,(H,28,33)/p+1/t19-,20+,21+,26-/m1/s1. The minimum absolute atomic E-state index is 0.0675. The Hall–Kier alpha value is -3.22. The Morgan fingerprint density at radius 1 is 0.970 bits per heavy atom. The predicted molar refractivity (Wildman–Crippen MR) is 124 cm³/mol. The Morgan fingerprint density at radius 3 is 2.64 bits per heavy atom. The van der Waals surface area contributed by atoms with E-state index in [0.29, 0.717) is 16.4 Å². The number of carbonyl (C=O) groups is 3. The molecule has 1 spiro atoms. The van der Waals surface area contributed by atoms with Crippen LogP contribution in [-0.2, 0) is 19.9 Å². The van der Waals surface area contributed by atoms with Crippen molar-refractivity contribution in [1.29, 1.82) is 0 Å². The summed E-state index contributed by atoms with van der Waals surface area (Å²) < 4.78 is 0. The maximum Gasteiger partial charge on any atom is 0.291 e. The molecule has 164 valence electrons. The second-order valence-electron chi connectivity index (χ2n) is 9.46. The Kier molecular flexibility index (Phi) is 3.75. The molecule has 4 aliphatic rings. The topological polar surface area (TPSA) is 70.9 Å². The number of benzene rings is 3.